The number of hydrogen-bond donors (Lipinski definition) is 2. The number of hydrogen-bond acceptors (Lipinski definition) is 5. The number of carboxylic acid groups (broad SMARTS) is 1. The van der Waals surface area contributed by atoms with Gasteiger partial charge in [0, 0.05) is 0 Å². The first kappa shape index (κ1) is 8.66. The van der Waals surface area contributed by atoms with E-state index in [4.69, 9.17) is 10.2 Å². The van der Waals surface area contributed by atoms with Gasteiger partial charge in [0.15, 0.2) is 6.10 Å². The van der Waals surface area contributed by atoms with Crippen LogP contribution in [0.25, 0.3) is 0 Å². The number of aliphatic hydroxyl groups excluding tert-OH is 1. The Morgan fingerprint density at radius 2 is 2.00 bits per heavy atom. The van der Waals surface area contributed by atoms with Crippen molar-refractivity contribution in [1.82, 2.24) is 0 Å². The summed E-state index contributed by atoms with van der Waals surface area (Å²) in [5.74, 6) is -4.57. The summed E-state index contributed by atoms with van der Waals surface area (Å²) in [5.41, 5.74) is 0. The Kier molecular flexibility index (Phi) is 2.09. The molecule has 2 unspecified atom stereocenters. The van der Waals surface area contributed by atoms with Gasteiger partial charge in [-0.3, -0.25) is 9.59 Å². The zero-order valence-corrected chi connectivity index (χ0v) is 5.89. The molecule has 66 valence electrons. The Balaban J connectivity index is 2.70. The van der Waals surface area contributed by atoms with Gasteiger partial charge in [-0.2, -0.15) is 0 Å². The lowest BCUT2D eigenvalue weighted by Gasteiger charge is -2.02. The van der Waals surface area contributed by atoms with Crippen LogP contribution in [-0.4, -0.2) is 34.2 Å². The minimum Gasteiger partial charge on any atom is -0.481 e. The zero-order chi connectivity index (χ0) is 9.30. The van der Waals surface area contributed by atoms with Gasteiger partial charge in [-0.05, 0) is 0 Å². The normalized spacial score (nSPS) is 28.8. The summed E-state index contributed by atoms with van der Waals surface area (Å²) >= 11 is 0. The summed E-state index contributed by atoms with van der Waals surface area (Å²) in [6.45, 7) is 0. The van der Waals surface area contributed by atoms with Crippen LogP contribution in [0.15, 0.2) is 0 Å². The van der Waals surface area contributed by atoms with E-state index in [1.807, 2.05) is 0 Å². The maximum atomic E-state index is 10.7. The number of cyclic esters (lactones) is 2. The molecule has 1 aliphatic heterocycles. The number of esters is 2. The molecule has 6 heteroatoms. The number of rotatable bonds is 2. The molecule has 0 radical (unpaired) electrons. The minimum atomic E-state index is -1.63. The Bertz CT molecular complexity index is 244. The quantitative estimate of drug-likeness (QED) is 0.391. The fourth-order valence-corrected chi connectivity index (χ4v) is 0.911. The lowest BCUT2D eigenvalue weighted by atomic mass is 10.0. The Morgan fingerprint density at radius 3 is 2.33 bits per heavy atom. The van der Waals surface area contributed by atoms with Crippen LogP contribution in [0.3, 0.4) is 0 Å². The molecule has 12 heavy (non-hydrogen) atoms. The SMILES string of the molecule is O=C(O)CC1C(=O)OC(=O)C1O. The van der Waals surface area contributed by atoms with Crippen molar-refractivity contribution >= 4 is 17.9 Å². The molecule has 6 nitrogen and oxygen atoms in total. The van der Waals surface area contributed by atoms with Gasteiger partial charge in [-0.1, -0.05) is 0 Å². The average Bonchev–Trinajstić information content (AvgIpc) is 2.16. The predicted molar refractivity (Wildman–Crippen MR) is 32.8 cm³/mol. The van der Waals surface area contributed by atoms with Crippen LogP contribution in [-0.2, 0) is 19.1 Å². The largest absolute Gasteiger partial charge is 0.481 e. The van der Waals surface area contributed by atoms with E-state index in [1.165, 1.54) is 0 Å². The van der Waals surface area contributed by atoms with Crippen molar-refractivity contribution in [2.24, 2.45) is 5.92 Å². The van der Waals surface area contributed by atoms with Crippen LogP contribution in [0.2, 0.25) is 0 Å². The molecule has 0 amide bonds. The molecule has 0 aromatic heterocycles. The number of aliphatic hydroxyl groups is 1. The highest BCUT2D eigenvalue weighted by atomic mass is 16.6. The first-order valence-electron chi connectivity index (χ1n) is 3.17. The van der Waals surface area contributed by atoms with Crippen LogP contribution in [0.4, 0.5) is 0 Å². The van der Waals surface area contributed by atoms with E-state index in [1.54, 1.807) is 0 Å². The first-order valence-corrected chi connectivity index (χ1v) is 3.17. The molecule has 1 heterocycles. The molecule has 2 N–H and O–H groups in total. The number of carbonyl (C=O) groups is 3. The molecule has 0 saturated carbocycles. The highest BCUT2D eigenvalue weighted by Gasteiger charge is 2.44. The van der Waals surface area contributed by atoms with Gasteiger partial charge in [0.2, 0.25) is 0 Å². The van der Waals surface area contributed by atoms with Crippen LogP contribution in [0.1, 0.15) is 6.42 Å². The second-order valence-electron chi connectivity index (χ2n) is 2.39. The van der Waals surface area contributed by atoms with Crippen molar-refractivity contribution in [3.8, 4) is 0 Å². The van der Waals surface area contributed by atoms with Crippen molar-refractivity contribution in [1.29, 1.82) is 0 Å². The van der Waals surface area contributed by atoms with Gasteiger partial charge in [-0.25, -0.2) is 4.79 Å². The summed E-state index contributed by atoms with van der Waals surface area (Å²) in [6, 6.07) is 0. The summed E-state index contributed by atoms with van der Waals surface area (Å²) in [4.78, 5) is 31.3. The molecule has 0 aromatic carbocycles. The molecular weight excluding hydrogens is 168 g/mol. The fraction of sp³-hybridized carbons (Fsp3) is 0.500. The summed E-state index contributed by atoms with van der Waals surface area (Å²) < 4.78 is 4.00. The van der Waals surface area contributed by atoms with Crippen molar-refractivity contribution in [2.75, 3.05) is 0 Å². The molecule has 1 rings (SSSR count). The molecule has 0 aromatic rings. The van der Waals surface area contributed by atoms with Crippen LogP contribution in [0, 0.1) is 5.92 Å². The highest BCUT2D eigenvalue weighted by molar-refractivity contribution is 5.99. The molecule has 1 aliphatic rings. The summed E-state index contributed by atoms with van der Waals surface area (Å²) in [5, 5.41) is 17.2. The molecule has 0 aliphatic carbocycles. The second kappa shape index (κ2) is 2.90. The van der Waals surface area contributed by atoms with Gasteiger partial charge in [0.25, 0.3) is 0 Å². The Hall–Kier alpha value is -1.43. The third-order valence-electron chi connectivity index (χ3n) is 1.52. The third kappa shape index (κ3) is 1.42. The van der Waals surface area contributed by atoms with E-state index < -0.39 is 36.4 Å². The van der Waals surface area contributed by atoms with E-state index in [9.17, 15) is 14.4 Å². The molecule has 1 saturated heterocycles. The molecule has 0 bridgehead atoms. The molecular formula is C6H6O6. The smallest absolute Gasteiger partial charge is 0.343 e. The Morgan fingerprint density at radius 1 is 1.42 bits per heavy atom. The number of carbonyl (C=O) groups excluding carboxylic acids is 2. The van der Waals surface area contributed by atoms with Crippen molar-refractivity contribution < 1.29 is 29.3 Å². The molecule has 2 atom stereocenters. The third-order valence-corrected chi connectivity index (χ3v) is 1.52. The standard InChI is InChI=1S/C6H6O6/c7-3(8)1-2-4(9)6(11)12-5(2)10/h2,4,9H,1H2,(H,7,8). The van der Waals surface area contributed by atoms with E-state index in [0.717, 1.165) is 0 Å². The fourth-order valence-electron chi connectivity index (χ4n) is 0.911. The van der Waals surface area contributed by atoms with E-state index >= 15 is 0 Å². The average molecular weight is 174 g/mol. The number of carboxylic acids is 1. The predicted octanol–water partition coefficient (Wildman–Crippen LogP) is -1.48. The topological polar surface area (TPSA) is 101 Å². The lowest BCUT2D eigenvalue weighted by Crippen LogP contribution is -2.25. The maximum Gasteiger partial charge on any atom is 0.343 e. The summed E-state index contributed by atoms with van der Waals surface area (Å²) in [7, 11) is 0. The second-order valence-corrected chi connectivity index (χ2v) is 2.39. The van der Waals surface area contributed by atoms with Crippen LogP contribution < -0.4 is 0 Å². The van der Waals surface area contributed by atoms with E-state index in [2.05, 4.69) is 4.74 Å². The maximum absolute atomic E-state index is 10.7. The van der Waals surface area contributed by atoms with Crippen LogP contribution >= 0.6 is 0 Å². The molecule has 0 spiro atoms. The van der Waals surface area contributed by atoms with Crippen molar-refractivity contribution in [2.45, 2.75) is 12.5 Å². The number of aliphatic carboxylic acids is 1. The minimum absolute atomic E-state index is 0.592. The molecule has 1 fully saturated rings. The van der Waals surface area contributed by atoms with Crippen LogP contribution in [0.5, 0.6) is 0 Å². The zero-order valence-electron chi connectivity index (χ0n) is 5.89. The highest BCUT2D eigenvalue weighted by Crippen LogP contribution is 2.19. The first-order chi connectivity index (χ1) is 5.52. The van der Waals surface area contributed by atoms with Gasteiger partial charge in [0.05, 0.1) is 6.42 Å². The number of ether oxygens (including phenoxy) is 1. The van der Waals surface area contributed by atoms with Gasteiger partial charge < -0.3 is 14.9 Å². The van der Waals surface area contributed by atoms with E-state index in [-0.39, 0.29) is 0 Å². The summed E-state index contributed by atoms with van der Waals surface area (Å²) in [6.07, 6.45) is -2.22. The van der Waals surface area contributed by atoms with Crippen molar-refractivity contribution in [3.05, 3.63) is 0 Å². The lowest BCUT2D eigenvalue weighted by molar-refractivity contribution is -0.155. The van der Waals surface area contributed by atoms with Gasteiger partial charge in [0.1, 0.15) is 5.92 Å². The van der Waals surface area contributed by atoms with Crippen molar-refractivity contribution in [3.63, 3.8) is 0 Å². The van der Waals surface area contributed by atoms with Gasteiger partial charge in [-0.15, -0.1) is 0 Å². The monoisotopic (exact) mass is 174 g/mol. The van der Waals surface area contributed by atoms with E-state index in [0.29, 0.717) is 0 Å². The Labute approximate surface area is 66.7 Å². The van der Waals surface area contributed by atoms with Gasteiger partial charge >= 0.3 is 17.9 Å².